The van der Waals surface area contributed by atoms with Crippen molar-refractivity contribution >= 4 is 0 Å². The SMILES string of the molecule is CC(C)CCCCCC=CN. The first-order chi connectivity index (χ1) is 5.27. The second-order valence-corrected chi connectivity index (χ2v) is 3.46. The molecule has 0 saturated carbocycles. The first kappa shape index (κ1) is 10.5. The number of hydrogen-bond acceptors (Lipinski definition) is 1. The fourth-order valence-electron chi connectivity index (χ4n) is 1.09. The monoisotopic (exact) mass is 155 g/mol. The molecule has 11 heavy (non-hydrogen) atoms. The zero-order valence-electron chi connectivity index (χ0n) is 7.84. The van der Waals surface area contributed by atoms with E-state index in [4.69, 9.17) is 5.73 Å². The van der Waals surface area contributed by atoms with Gasteiger partial charge in [0.05, 0.1) is 0 Å². The Morgan fingerprint density at radius 2 is 1.91 bits per heavy atom. The largest absolute Gasteiger partial charge is 0.405 e. The normalized spacial score (nSPS) is 11.5. The van der Waals surface area contributed by atoms with Gasteiger partial charge < -0.3 is 5.73 Å². The maximum atomic E-state index is 5.21. The van der Waals surface area contributed by atoms with Crippen molar-refractivity contribution in [2.24, 2.45) is 11.7 Å². The quantitative estimate of drug-likeness (QED) is 0.586. The van der Waals surface area contributed by atoms with E-state index in [9.17, 15) is 0 Å². The Bertz CT molecular complexity index is 95.0. The lowest BCUT2D eigenvalue weighted by atomic mass is 10.0. The molecule has 0 aromatic heterocycles. The van der Waals surface area contributed by atoms with Crippen LogP contribution in [0.25, 0.3) is 0 Å². The maximum absolute atomic E-state index is 5.21. The number of nitrogens with two attached hydrogens (primary N) is 1. The molecular weight excluding hydrogens is 134 g/mol. The van der Waals surface area contributed by atoms with Gasteiger partial charge in [-0.1, -0.05) is 39.2 Å². The lowest BCUT2D eigenvalue weighted by Crippen LogP contribution is -1.86. The third-order valence-corrected chi connectivity index (χ3v) is 1.79. The van der Waals surface area contributed by atoms with Gasteiger partial charge in [-0.25, -0.2) is 0 Å². The molecule has 1 heteroatoms. The van der Waals surface area contributed by atoms with Crippen LogP contribution in [0.5, 0.6) is 0 Å². The van der Waals surface area contributed by atoms with E-state index >= 15 is 0 Å². The van der Waals surface area contributed by atoms with Crippen molar-refractivity contribution < 1.29 is 0 Å². The number of rotatable bonds is 6. The molecule has 0 unspecified atom stereocenters. The third kappa shape index (κ3) is 9.54. The van der Waals surface area contributed by atoms with Crippen molar-refractivity contribution in [1.29, 1.82) is 0 Å². The highest BCUT2D eigenvalue weighted by Crippen LogP contribution is 2.09. The summed E-state index contributed by atoms with van der Waals surface area (Å²) in [5.41, 5.74) is 5.21. The fraction of sp³-hybridized carbons (Fsp3) is 0.800. The van der Waals surface area contributed by atoms with Crippen LogP contribution in [0.3, 0.4) is 0 Å². The Morgan fingerprint density at radius 3 is 2.45 bits per heavy atom. The molecule has 0 atom stereocenters. The molecule has 0 bridgehead atoms. The minimum Gasteiger partial charge on any atom is -0.405 e. The molecule has 0 aliphatic carbocycles. The van der Waals surface area contributed by atoms with Crippen molar-refractivity contribution in [3.63, 3.8) is 0 Å². The van der Waals surface area contributed by atoms with Gasteiger partial charge in [0.2, 0.25) is 0 Å². The van der Waals surface area contributed by atoms with Crippen LogP contribution >= 0.6 is 0 Å². The molecule has 0 aliphatic heterocycles. The van der Waals surface area contributed by atoms with Gasteiger partial charge in [-0.2, -0.15) is 0 Å². The molecule has 0 heterocycles. The van der Waals surface area contributed by atoms with Crippen molar-refractivity contribution in [3.8, 4) is 0 Å². The first-order valence-electron chi connectivity index (χ1n) is 4.64. The Morgan fingerprint density at radius 1 is 1.18 bits per heavy atom. The third-order valence-electron chi connectivity index (χ3n) is 1.79. The molecule has 0 fully saturated rings. The molecule has 0 rings (SSSR count). The highest BCUT2D eigenvalue weighted by atomic mass is 14.5. The van der Waals surface area contributed by atoms with Crippen molar-refractivity contribution in [3.05, 3.63) is 12.3 Å². The highest BCUT2D eigenvalue weighted by molar-refractivity contribution is 4.74. The molecular formula is C10H21N. The van der Waals surface area contributed by atoms with Gasteiger partial charge in [0, 0.05) is 0 Å². The Hall–Kier alpha value is -0.460. The molecule has 0 amide bonds. The number of unbranched alkanes of at least 4 members (excludes halogenated alkanes) is 3. The van der Waals surface area contributed by atoms with Crippen LogP contribution in [0.4, 0.5) is 0 Å². The van der Waals surface area contributed by atoms with Gasteiger partial charge in [-0.05, 0) is 25.0 Å². The van der Waals surface area contributed by atoms with Gasteiger partial charge in [-0.15, -0.1) is 0 Å². The van der Waals surface area contributed by atoms with E-state index in [1.807, 2.05) is 6.08 Å². The van der Waals surface area contributed by atoms with Crippen molar-refractivity contribution in [2.75, 3.05) is 0 Å². The summed E-state index contributed by atoms with van der Waals surface area (Å²) in [6.45, 7) is 4.56. The second kappa shape index (κ2) is 7.64. The molecule has 0 aromatic rings. The zero-order chi connectivity index (χ0) is 8.53. The van der Waals surface area contributed by atoms with Crippen LogP contribution in [-0.2, 0) is 0 Å². The molecule has 66 valence electrons. The van der Waals surface area contributed by atoms with Crippen LogP contribution in [0, 0.1) is 5.92 Å². The van der Waals surface area contributed by atoms with Gasteiger partial charge in [0.15, 0.2) is 0 Å². The van der Waals surface area contributed by atoms with Gasteiger partial charge >= 0.3 is 0 Å². The number of allylic oxidation sites excluding steroid dienone is 1. The van der Waals surface area contributed by atoms with Gasteiger partial charge in [-0.3, -0.25) is 0 Å². The molecule has 0 saturated heterocycles. The smallest absolute Gasteiger partial charge is 0.0103 e. The van der Waals surface area contributed by atoms with E-state index < -0.39 is 0 Å². The average Bonchev–Trinajstić information content (AvgIpc) is 1.96. The average molecular weight is 155 g/mol. The first-order valence-corrected chi connectivity index (χ1v) is 4.64. The minimum absolute atomic E-state index is 0.861. The molecule has 0 radical (unpaired) electrons. The molecule has 0 aliphatic rings. The Kier molecular flexibility index (Phi) is 7.33. The summed E-state index contributed by atoms with van der Waals surface area (Å²) in [6.07, 6.45) is 10.2. The lowest BCUT2D eigenvalue weighted by Gasteiger charge is -2.02. The summed E-state index contributed by atoms with van der Waals surface area (Å²) in [5.74, 6) is 0.861. The van der Waals surface area contributed by atoms with E-state index in [-0.39, 0.29) is 0 Å². The predicted octanol–water partition coefficient (Wildman–Crippen LogP) is 3.07. The molecule has 0 spiro atoms. The standard InChI is InChI=1S/C10H21N/c1-10(2)8-6-4-3-5-7-9-11/h7,9-10H,3-6,8,11H2,1-2H3. The summed E-state index contributed by atoms with van der Waals surface area (Å²) in [7, 11) is 0. The van der Waals surface area contributed by atoms with E-state index in [2.05, 4.69) is 13.8 Å². The molecule has 2 N–H and O–H groups in total. The zero-order valence-corrected chi connectivity index (χ0v) is 7.84. The second-order valence-electron chi connectivity index (χ2n) is 3.46. The van der Waals surface area contributed by atoms with Crippen LogP contribution in [0.15, 0.2) is 12.3 Å². The number of hydrogen-bond donors (Lipinski definition) is 1. The summed E-state index contributed by atoms with van der Waals surface area (Å²) >= 11 is 0. The minimum atomic E-state index is 0.861. The summed E-state index contributed by atoms with van der Waals surface area (Å²) in [4.78, 5) is 0. The van der Waals surface area contributed by atoms with Crippen LogP contribution in [0.1, 0.15) is 46.0 Å². The maximum Gasteiger partial charge on any atom is -0.0103 e. The van der Waals surface area contributed by atoms with E-state index in [1.165, 1.54) is 25.7 Å². The summed E-state index contributed by atoms with van der Waals surface area (Å²) in [5, 5.41) is 0. The summed E-state index contributed by atoms with van der Waals surface area (Å²) in [6, 6.07) is 0. The van der Waals surface area contributed by atoms with Gasteiger partial charge in [0.1, 0.15) is 0 Å². The van der Waals surface area contributed by atoms with Crippen LogP contribution in [-0.4, -0.2) is 0 Å². The van der Waals surface area contributed by atoms with E-state index in [0.29, 0.717) is 0 Å². The fourth-order valence-corrected chi connectivity index (χ4v) is 1.09. The predicted molar refractivity (Wildman–Crippen MR) is 51.3 cm³/mol. The lowest BCUT2D eigenvalue weighted by molar-refractivity contribution is 0.528. The highest BCUT2D eigenvalue weighted by Gasteiger charge is 1.92. The van der Waals surface area contributed by atoms with Crippen LogP contribution in [0.2, 0.25) is 0 Å². The van der Waals surface area contributed by atoms with Crippen LogP contribution < -0.4 is 5.73 Å². The van der Waals surface area contributed by atoms with E-state index in [0.717, 1.165) is 12.3 Å². The Balaban J connectivity index is 2.91. The molecule has 1 nitrogen and oxygen atoms in total. The van der Waals surface area contributed by atoms with Crippen molar-refractivity contribution in [1.82, 2.24) is 0 Å². The summed E-state index contributed by atoms with van der Waals surface area (Å²) < 4.78 is 0. The topological polar surface area (TPSA) is 26.0 Å². The van der Waals surface area contributed by atoms with Crippen molar-refractivity contribution in [2.45, 2.75) is 46.0 Å². The van der Waals surface area contributed by atoms with E-state index in [1.54, 1.807) is 6.20 Å². The molecule has 0 aromatic carbocycles. The Labute approximate surface area is 70.7 Å². The van der Waals surface area contributed by atoms with Gasteiger partial charge in [0.25, 0.3) is 0 Å².